The monoisotopic (exact) mass is 322 g/mol. The summed E-state index contributed by atoms with van der Waals surface area (Å²) in [7, 11) is 0. The first-order valence-electron chi connectivity index (χ1n) is 8.96. The zero-order valence-corrected chi connectivity index (χ0v) is 14.6. The van der Waals surface area contributed by atoms with Crippen LogP contribution in [-0.2, 0) is 11.2 Å². The molecule has 0 saturated heterocycles. The molecule has 1 aliphatic rings. The number of rotatable bonds is 5. The molecule has 0 spiro atoms. The maximum Gasteiger partial charge on any atom is 0.231 e. The first-order chi connectivity index (χ1) is 11.7. The van der Waals surface area contributed by atoms with Crippen molar-refractivity contribution in [3.8, 4) is 0 Å². The summed E-state index contributed by atoms with van der Waals surface area (Å²) < 4.78 is 0. The van der Waals surface area contributed by atoms with Crippen LogP contribution >= 0.6 is 0 Å². The summed E-state index contributed by atoms with van der Waals surface area (Å²) in [6, 6.07) is 16.5. The topological polar surface area (TPSA) is 32.3 Å². The van der Waals surface area contributed by atoms with Crippen LogP contribution in [0.1, 0.15) is 43.7 Å². The molecule has 2 aromatic carbocycles. The number of aryl methyl sites for hydroxylation is 1. The van der Waals surface area contributed by atoms with Gasteiger partial charge in [-0.2, -0.15) is 0 Å². The minimum absolute atomic E-state index is 0.0302. The molecular weight excluding hydrogens is 296 g/mol. The van der Waals surface area contributed by atoms with Gasteiger partial charge in [0.05, 0.1) is 5.92 Å². The number of hydrogen-bond donors (Lipinski definition) is 1. The van der Waals surface area contributed by atoms with Crippen molar-refractivity contribution in [1.29, 1.82) is 0 Å². The molecule has 2 aromatic rings. The summed E-state index contributed by atoms with van der Waals surface area (Å²) in [5.74, 6) is 0.0788. The Labute approximate surface area is 144 Å². The summed E-state index contributed by atoms with van der Waals surface area (Å²) in [5, 5.41) is 3.10. The second-order valence-corrected chi connectivity index (χ2v) is 6.35. The largest absolute Gasteiger partial charge is 0.372 e. The van der Waals surface area contributed by atoms with Crippen LogP contribution < -0.4 is 10.2 Å². The number of amides is 1. The standard InChI is InChI=1S/C21H26N2O/c1-3-23(4-2)18-14-12-17(13-15-18)22-21(24)20-11-7-9-16-8-5-6-10-19(16)20/h5-6,8,10,12-15,20H,3-4,7,9,11H2,1-2H3,(H,22,24). The molecule has 3 heteroatoms. The van der Waals surface area contributed by atoms with Crippen LogP contribution in [0.3, 0.4) is 0 Å². The highest BCUT2D eigenvalue weighted by atomic mass is 16.1. The van der Waals surface area contributed by atoms with Crippen LogP contribution in [0.4, 0.5) is 11.4 Å². The van der Waals surface area contributed by atoms with Gasteiger partial charge in [-0.1, -0.05) is 24.3 Å². The van der Waals surface area contributed by atoms with Gasteiger partial charge in [0.25, 0.3) is 0 Å². The predicted octanol–water partition coefficient (Wildman–Crippen LogP) is 4.59. The number of carbonyl (C=O) groups is 1. The Morgan fingerprint density at radius 1 is 1.08 bits per heavy atom. The van der Waals surface area contributed by atoms with E-state index in [1.54, 1.807) is 0 Å². The van der Waals surface area contributed by atoms with E-state index in [1.165, 1.54) is 16.8 Å². The number of hydrogen-bond acceptors (Lipinski definition) is 2. The van der Waals surface area contributed by atoms with Crippen molar-refractivity contribution >= 4 is 17.3 Å². The highest BCUT2D eigenvalue weighted by Gasteiger charge is 2.26. The molecule has 0 fully saturated rings. The first kappa shape index (κ1) is 16.6. The summed E-state index contributed by atoms with van der Waals surface area (Å²) >= 11 is 0. The van der Waals surface area contributed by atoms with E-state index in [1.807, 2.05) is 18.2 Å². The molecule has 3 rings (SSSR count). The van der Waals surface area contributed by atoms with E-state index in [0.717, 1.165) is 38.0 Å². The van der Waals surface area contributed by atoms with Crippen molar-refractivity contribution in [3.63, 3.8) is 0 Å². The lowest BCUT2D eigenvalue weighted by atomic mass is 9.82. The molecule has 0 radical (unpaired) electrons. The quantitative estimate of drug-likeness (QED) is 0.873. The van der Waals surface area contributed by atoms with Gasteiger partial charge in [0.1, 0.15) is 0 Å². The van der Waals surface area contributed by atoms with Crippen molar-refractivity contribution < 1.29 is 4.79 Å². The Hall–Kier alpha value is -2.29. The minimum Gasteiger partial charge on any atom is -0.372 e. The molecule has 1 N–H and O–H groups in total. The van der Waals surface area contributed by atoms with Crippen molar-refractivity contribution in [1.82, 2.24) is 0 Å². The Morgan fingerprint density at radius 3 is 2.50 bits per heavy atom. The van der Waals surface area contributed by atoms with E-state index in [0.29, 0.717) is 0 Å². The molecule has 0 bridgehead atoms. The fraction of sp³-hybridized carbons (Fsp3) is 0.381. The van der Waals surface area contributed by atoms with Gasteiger partial charge in [0.2, 0.25) is 5.91 Å². The van der Waals surface area contributed by atoms with E-state index in [4.69, 9.17) is 0 Å². The minimum atomic E-state index is -0.0302. The molecule has 1 amide bonds. The Bertz CT molecular complexity index is 689. The van der Waals surface area contributed by atoms with Crippen LogP contribution in [0, 0.1) is 0 Å². The average Bonchev–Trinajstić information content (AvgIpc) is 2.63. The third-order valence-electron chi connectivity index (χ3n) is 4.95. The molecule has 3 nitrogen and oxygen atoms in total. The SMILES string of the molecule is CCN(CC)c1ccc(NC(=O)C2CCCc3ccccc32)cc1. The molecule has 1 aliphatic carbocycles. The number of anilines is 2. The highest BCUT2D eigenvalue weighted by Crippen LogP contribution is 2.32. The number of benzene rings is 2. The van der Waals surface area contributed by atoms with Gasteiger partial charge < -0.3 is 10.2 Å². The zero-order valence-electron chi connectivity index (χ0n) is 14.6. The number of carbonyl (C=O) groups excluding carboxylic acids is 1. The lowest BCUT2D eigenvalue weighted by Crippen LogP contribution is -2.25. The Morgan fingerprint density at radius 2 is 1.79 bits per heavy atom. The summed E-state index contributed by atoms with van der Waals surface area (Å²) in [6.45, 7) is 6.28. The third kappa shape index (κ3) is 3.45. The number of fused-ring (bicyclic) bond motifs is 1. The fourth-order valence-electron chi connectivity index (χ4n) is 3.60. The molecular formula is C21H26N2O. The molecule has 0 saturated carbocycles. The molecule has 126 valence electrons. The smallest absolute Gasteiger partial charge is 0.231 e. The zero-order chi connectivity index (χ0) is 16.9. The maximum absolute atomic E-state index is 12.7. The lowest BCUT2D eigenvalue weighted by Gasteiger charge is -2.25. The number of nitrogens with one attached hydrogen (secondary N) is 1. The van der Waals surface area contributed by atoms with E-state index in [9.17, 15) is 4.79 Å². The molecule has 1 atom stereocenters. The molecule has 0 aliphatic heterocycles. The van der Waals surface area contributed by atoms with Crippen LogP contribution in [0.5, 0.6) is 0 Å². The van der Waals surface area contributed by atoms with E-state index < -0.39 is 0 Å². The third-order valence-corrected chi connectivity index (χ3v) is 4.95. The normalized spacial score (nSPS) is 16.3. The maximum atomic E-state index is 12.7. The Balaban J connectivity index is 1.72. The Kier molecular flexibility index (Phi) is 5.19. The van der Waals surface area contributed by atoms with Gasteiger partial charge in [0, 0.05) is 24.5 Å². The highest BCUT2D eigenvalue weighted by molar-refractivity contribution is 5.96. The van der Waals surface area contributed by atoms with Crippen LogP contribution in [0.2, 0.25) is 0 Å². The van der Waals surface area contributed by atoms with Crippen molar-refractivity contribution in [3.05, 3.63) is 59.7 Å². The second-order valence-electron chi connectivity index (χ2n) is 6.35. The van der Waals surface area contributed by atoms with Crippen LogP contribution in [-0.4, -0.2) is 19.0 Å². The lowest BCUT2D eigenvalue weighted by molar-refractivity contribution is -0.117. The molecule has 1 unspecified atom stereocenters. The summed E-state index contributed by atoms with van der Waals surface area (Å²) in [5.41, 5.74) is 4.58. The van der Waals surface area contributed by atoms with Gasteiger partial charge in [-0.05, 0) is 68.5 Å². The van der Waals surface area contributed by atoms with E-state index in [-0.39, 0.29) is 11.8 Å². The second kappa shape index (κ2) is 7.52. The number of nitrogens with zero attached hydrogens (tertiary/aromatic N) is 1. The van der Waals surface area contributed by atoms with Gasteiger partial charge >= 0.3 is 0 Å². The van der Waals surface area contributed by atoms with Crippen LogP contribution in [0.15, 0.2) is 48.5 Å². The van der Waals surface area contributed by atoms with E-state index >= 15 is 0 Å². The van der Waals surface area contributed by atoms with Gasteiger partial charge in [-0.15, -0.1) is 0 Å². The summed E-state index contributed by atoms with van der Waals surface area (Å²) in [4.78, 5) is 15.0. The molecule has 24 heavy (non-hydrogen) atoms. The van der Waals surface area contributed by atoms with Gasteiger partial charge in [-0.25, -0.2) is 0 Å². The first-order valence-corrected chi connectivity index (χ1v) is 8.96. The molecule has 0 aromatic heterocycles. The average molecular weight is 322 g/mol. The van der Waals surface area contributed by atoms with Gasteiger partial charge in [-0.3, -0.25) is 4.79 Å². The molecule has 0 heterocycles. The van der Waals surface area contributed by atoms with E-state index in [2.05, 4.69) is 54.4 Å². The fourth-order valence-corrected chi connectivity index (χ4v) is 3.60. The predicted molar refractivity (Wildman–Crippen MR) is 101 cm³/mol. The summed E-state index contributed by atoms with van der Waals surface area (Å²) in [6.07, 6.45) is 3.09. The van der Waals surface area contributed by atoms with Crippen molar-refractivity contribution in [2.75, 3.05) is 23.3 Å². The van der Waals surface area contributed by atoms with Gasteiger partial charge in [0.15, 0.2) is 0 Å². The van der Waals surface area contributed by atoms with Crippen molar-refractivity contribution in [2.24, 2.45) is 0 Å². The van der Waals surface area contributed by atoms with Crippen molar-refractivity contribution in [2.45, 2.75) is 39.0 Å². The van der Waals surface area contributed by atoms with Crippen LogP contribution in [0.25, 0.3) is 0 Å².